The van der Waals surface area contributed by atoms with E-state index in [4.69, 9.17) is 11.6 Å². The molecule has 0 aliphatic carbocycles. The van der Waals surface area contributed by atoms with Crippen molar-refractivity contribution in [3.05, 3.63) is 83.1 Å². The minimum Gasteiger partial charge on any atom is -0.336 e. The SMILES string of the molecule is O=C(Nc1cccc(N2CCNC2=O)c1)c1cc(S(=O)(=O)Nc2ccc(F)cc2)ccc1Cl. The van der Waals surface area contributed by atoms with Gasteiger partial charge in [-0.25, -0.2) is 17.6 Å². The smallest absolute Gasteiger partial charge is 0.321 e. The minimum atomic E-state index is -4.06. The maximum atomic E-state index is 13.1. The number of rotatable bonds is 6. The molecule has 0 saturated carbocycles. The second-order valence-electron chi connectivity index (χ2n) is 7.14. The van der Waals surface area contributed by atoms with Crippen molar-refractivity contribution in [3.8, 4) is 0 Å². The van der Waals surface area contributed by atoms with Crippen molar-refractivity contribution in [3.63, 3.8) is 0 Å². The standard InChI is InChI=1S/C22H18ClFN4O4S/c23-20-9-8-18(33(31,32)27-15-6-4-14(24)5-7-15)13-19(20)21(29)26-16-2-1-3-17(12-16)28-11-10-25-22(28)30/h1-9,12-13,27H,10-11H2,(H,25,30)(H,26,29). The molecule has 3 N–H and O–H groups in total. The first kappa shape index (κ1) is 22.6. The van der Waals surface area contributed by atoms with Gasteiger partial charge in [-0.2, -0.15) is 0 Å². The van der Waals surface area contributed by atoms with Crippen molar-refractivity contribution in [2.45, 2.75) is 4.90 Å². The van der Waals surface area contributed by atoms with Crippen LogP contribution in [0.2, 0.25) is 5.02 Å². The molecule has 4 rings (SSSR count). The number of sulfonamides is 1. The van der Waals surface area contributed by atoms with E-state index in [0.717, 1.165) is 18.2 Å². The Morgan fingerprint density at radius 1 is 1.03 bits per heavy atom. The number of urea groups is 1. The number of carbonyl (C=O) groups is 2. The molecule has 0 atom stereocenters. The van der Waals surface area contributed by atoms with Crippen LogP contribution in [0.15, 0.2) is 71.6 Å². The van der Waals surface area contributed by atoms with E-state index < -0.39 is 21.7 Å². The van der Waals surface area contributed by atoms with Crippen LogP contribution in [0.5, 0.6) is 0 Å². The Morgan fingerprint density at radius 2 is 1.79 bits per heavy atom. The topological polar surface area (TPSA) is 108 Å². The van der Waals surface area contributed by atoms with Gasteiger partial charge in [0.15, 0.2) is 0 Å². The summed E-state index contributed by atoms with van der Waals surface area (Å²) in [7, 11) is -4.06. The summed E-state index contributed by atoms with van der Waals surface area (Å²) in [5, 5.41) is 5.44. The van der Waals surface area contributed by atoms with E-state index in [1.807, 2.05) is 0 Å². The third-order valence-corrected chi connectivity index (χ3v) is 6.57. The molecule has 3 amide bonds. The van der Waals surface area contributed by atoms with Gasteiger partial charge in [-0.05, 0) is 60.7 Å². The molecular weight excluding hydrogens is 471 g/mol. The Kier molecular flexibility index (Phi) is 6.21. The fraction of sp³-hybridized carbons (Fsp3) is 0.0909. The number of benzene rings is 3. The van der Waals surface area contributed by atoms with Crippen LogP contribution in [0.4, 0.5) is 26.2 Å². The molecular formula is C22H18ClFN4O4S. The number of nitrogens with zero attached hydrogens (tertiary/aromatic N) is 1. The van der Waals surface area contributed by atoms with E-state index in [9.17, 15) is 22.4 Å². The van der Waals surface area contributed by atoms with Gasteiger partial charge in [-0.1, -0.05) is 17.7 Å². The Labute approximate surface area is 194 Å². The van der Waals surface area contributed by atoms with Crippen LogP contribution in [-0.2, 0) is 10.0 Å². The van der Waals surface area contributed by atoms with E-state index >= 15 is 0 Å². The summed E-state index contributed by atoms with van der Waals surface area (Å²) in [6, 6.07) is 15.0. The van der Waals surface area contributed by atoms with Crippen molar-refractivity contribution in [1.82, 2.24) is 5.32 Å². The van der Waals surface area contributed by atoms with Crippen molar-refractivity contribution < 1.29 is 22.4 Å². The molecule has 0 aromatic heterocycles. The fourth-order valence-electron chi connectivity index (χ4n) is 3.25. The number of anilines is 3. The third-order valence-electron chi connectivity index (χ3n) is 4.86. The number of hydrogen-bond donors (Lipinski definition) is 3. The molecule has 0 radical (unpaired) electrons. The van der Waals surface area contributed by atoms with Crippen LogP contribution in [0, 0.1) is 5.82 Å². The molecule has 0 spiro atoms. The summed E-state index contributed by atoms with van der Waals surface area (Å²) >= 11 is 6.16. The maximum Gasteiger partial charge on any atom is 0.321 e. The van der Waals surface area contributed by atoms with Gasteiger partial charge in [0.1, 0.15) is 5.82 Å². The summed E-state index contributed by atoms with van der Waals surface area (Å²) in [5.41, 5.74) is 1.13. The predicted molar refractivity (Wildman–Crippen MR) is 124 cm³/mol. The van der Waals surface area contributed by atoms with Gasteiger partial charge in [-0.3, -0.25) is 14.4 Å². The van der Waals surface area contributed by atoms with Gasteiger partial charge >= 0.3 is 6.03 Å². The summed E-state index contributed by atoms with van der Waals surface area (Å²) in [5.74, 6) is -1.13. The number of hydrogen-bond acceptors (Lipinski definition) is 4. The third kappa shape index (κ3) is 5.07. The summed E-state index contributed by atoms with van der Waals surface area (Å²) in [6.07, 6.45) is 0. The van der Waals surface area contributed by atoms with Gasteiger partial charge in [-0.15, -0.1) is 0 Å². The lowest BCUT2D eigenvalue weighted by atomic mass is 10.2. The van der Waals surface area contributed by atoms with Gasteiger partial charge in [0, 0.05) is 30.2 Å². The molecule has 3 aromatic rings. The minimum absolute atomic E-state index is 0.0528. The van der Waals surface area contributed by atoms with Crippen LogP contribution in [0.1, 0.15) is 10.4 Å². The molecule has 0 unspecified atom stereocenters. The monoisotopic (exact) mass is 488 g/mol. The first-order valence-electron chi connectivity index (χ1n) is 9.78. The van der Waals surface area contributed by atoms with E-state index in [0.29, 0.717) is 24.5 Å². The number of nitrogens with one attached hydrogen (secondary N) is 3. The highest BCUT2D eigenvalue weighted by Gasteiger charge is 2.22. The molecule has 0 bridgehead atoms. The van der Waals surface area contributed by atoms with Crippen molar-refractivity contribution in [1.29, 1.82) is 0 Å². The van der Waals surface area contributed by atoms with Gasteiger partial charge in [0.25, 0.3) is 15.9 Å². The number of halogens is 2. The van der Waals surface area contributed by atoms with Gasteiger partial charge in [0.2, 0.25) is 0 Å². The van der Waals surface area contributed by atoms with Crippen LogP contribution in [0.25, 0.3) is 0 Å². The Bertz CT molecular complexity index is 1330. The Morgan fingerprint density at radius 3 is 2.48 bits per heavy atom. The average molecular weight is 489 g/mol. The van der Waals surface area contributed by atoms with Crippen LogP contribution < -0.4 is 20.3 Å². The molecule has 11 heteroatoms. The molecule has 3 aromatic carbocycles. The largest absolute Gasteiger partial charge is 0.336 e. The summed E-state index contributed by atoms with van der Waals surface area (Å²) < 4.78 is 40.9. The van der Waals surface area contributed by atoms with Crippen molar-refractivity contribution >= 4 is 50.6 Å². The molecule has 8 nitrogen and oxygen atoms in total. The molecule has 33 heavy (non-hydrogen) atoms. The van der Waals surface area contributed by atoms with Crippen LogP contribution in [0.3, 0.4) is 0 Å². The van der Waals surface area contributed by atoms with E-state index in [-0.39, 0.29) is 27.2 Å². The van der Waals surface area contributed by atoms with E-state index in [1.165, 1.54) is 29.2 Å². The quantitative estimate of drug-likeness (QED) is 0.486. The molecule has 1 aliphatic heterocycles. The zero-order valence-corrected chi connectivity index (χ0v) is 18.6. The maximum absolute atomic E-state index is 13.1. The molecule has 1 saturated heterocycles. The fourth-order valence-corrected chi connectivity index (χ4v) is 4.53. The summed E-state index contributed by atoms with van der Waals surface area (Å²) in [6.45, 7) is 1.03. The van der Waals surface area contributed by atoms with Crippen LogP contribution >= 0.6 is 11.6 Å². The summed E-state index contributed by atoms with van der Waals surface area (Å²) in [4.78, 5) is 26.1. The molecule has 1 aliphatic rings. The Hall–Kier alpha value is -3.63. The zero-order valence-electron chi connectivity index (χ0n) is 17.0. The molecule has 1 fully saturated rings. The first-order chi connectivity index (χ1) is 15.7. The second kappa shape index (κ2) is 9.08. The predicted octanol–water partition coefficient (Wildman–Crippen LogP) is 4.06. The average Bonchev–Trinajstić information content (AvgIpc) is 3.21. The molecule has 1 heterocycles. The molecule has 170 valence electrons. The lowest BCUT2D eigenvalue weighted by Gasteiger charge is -2.16. The highest BCUT2D eigenvalue weighted by Crippen LogP contribution is 2.25. The van der Waals surface area contributed by atoms with E-state index in [2.05, 4.69) is 15.4 Å². The number of amides is 3. The Balaban J connectivity index is 1.56. The normalized spacial score (nSPS) is 13.5. The highest BCUT2D eigenvalue weighted by atomic mass is 35.5. The lowest BCUT2D eigenvalue weighted by Crippen LogP contribution is -2.27. The van der Waals surface area contributed by atoms with E-state index in [1.54, 1.807) is 24.3 Å². The van der Waals surface area contributed by atoms with Gasteiger partial charge < -0.3 is 10.6 Å². The number of carbonyl (C=O) groups excluding carboxylic acids is 2. The van der Waals surface area contributed by atoms with Crippen molar-refractivity contribution in [2.24, 2.45) is 0 Å². The lowest BCUT2D eigenvalue weighted by molar-refractivity contribution is 0.102. The first-order valence-corrected chi connectivity index (χ1v) is 11.6. The van der Waals surface area contributed by atoms with Crippen LogP contribution in [-0.4, -0.2) is 33.4 Å². The van der Waals surface area contributed by atoms with Crippen molar-refractivity contribution in [2.75, 3.05) is 28.0 Å². The zero-order chi connectivity index (χ0) is 23.6. The second-order valence-corrected chi connectivity index (χ2v) is 9.23. The van der Waals surface area contributed by atoms with Gasteiger partial charge in [0.05, 0.1) is 15.5 Å². The highest BCUT2D eigenvalue weighted by molar-refractivity contribution is 7.92.